The highest BCUT2D eigenvalue weighted by atomic mass is 35.5. The molecule has 0 atom stereocenters. The van der Waals surface area contributed by atoms with E-state index in [0.717, 1.165) is 11.3 Å². The van der Waals surface area contributed by atoms with Gasteiger partial charge in [-0.25, -0.2) is 4.39 Å². The van der Waals surface area contributed by atoms with Crippen LogP contribution >= 0.6 is 11.6 Å². The number of benzene rings is 2. The summed E-state index contributed by atoms with van der Waals surface area (Å²) in [5.41, 5.74) is 3.48. The summed E-state index contributed by atoms with van der Waals surface area (Å²) in [6, 6.07) is 13.3. The Morgan fingerprint density at radius 1 is 1.21 bits per heavy atom. The van der Waals surface area contributed by atoms with Crippen molar-refractivity contribution in [1.82, 2.24) is 14.2 Å². The fraction of sp³-hybridized carbons (Fsp3) is 0.208. The van der Waals surface area contributed by atoms with Crippen molar-refractivity contribution in [2.24, 2.45) is 7.05 Å². The molecule has 170 valence electrons. The standard InChI is InChI=1S/C24H22ClFN4O3/c1-14-18(8-10-22(31)27-16-7-9-20(26)19(25)12-16)24(32)30-23(29(14)2)13-21(28-30)15-5-4-6-17(11-15)33-3/h4-7,9,11-13H,8,10H2,1-3H3,(H,27,31). The maximum atomic E-state index is 13.3. The van der Waals surface area contributed by atoms with E-state index in [1.54, 1.807) is 7.11 Å². The van der Waals surface area contributed by atoms with E-state index in [1.807, 2.05) is 48.9 Å². The van der Waals surface area contributed by atoms with Gasteiger partial charge in [-0.05, 0) is 43.7 Å². The Hall–Kier alpha value is -3.65. The first kappa shape index (κ1) is 22.5. The molecular formula is C24H22ClFN4O3. The molecule has 9 heteroatoms. The highest BCUT2D eigenvalue weighted by Gasteiger charge is 2.17. The minimum atomic E-state index is -0.561. The molecule has 0 bridgehead atoms. The van der Waals surface area contributed by atoms with Crippen LogP contribution in [0.15, 0.2) is 53.3 Å². The smallest absolute Gasteiger partial charge is 0.277 e. The molecule has 2 heterocycles. The number of amides is 1. The molecule has 0 aliphatic heterocycles. The first-order chi connectivity index (χ1) is 15.8. The summed E-state index contributed by atoms with van der Waals surface area (Å²) in [6.45, 7) is 1.84. The zero-order valence-corrected chi connectivity index (χ0v) is 19.1. The summed E-state index contributed by atoms with van der Waals surface area (Å²) in [7, 11) is 3.44. The van der Waals surface area contributed by atoms with Gasteiger partial charge < -0.3 is 14.6 Å². The lowest BCUT2D eigenvalue weighted by molar-refractivity contribution is -0.116. The molecular weight excluding hydrogens is 447 g/mol. The van der Waals surface area contributed by atoms with Gasteiger partial charge in [-0.15, -0.1) is 0 Å². The van der Waals surface area contributed by atoms with Crippen molar-refractivity contribution >= 4 is 28.8 Å². The number of nitrogens with one attached hydrogen (secondary N) is 1. The molecule has 7 nitrogen and oxygen atoms in total. The predicted octanol–water partition coefficient (Wildman–Crippen LogP) is 4.38. The third-order valence-corrected chi connectivity index (χ3v) is 5.89. The number of hydrogen-bond donors (Lipinski definition) is 1. The summed E-state index contributed by atoms with van der Waals surface area (Å²) in [6.07, 6.45) is 0.296. The van der Waals surface area contributed by atoms with Crippen LogP contribution in [-0.2, 0) is 18.3 Å². The van der Waals surface area contributed by atoms with E-state index in [0.29, 0.717) is 28.3 Å². The van der Waals surface area contributed by atoms with Crippen LogP contribution in [0.1, 0.15) is 17.7 Å². The lowest BCUT2D eigenvalue weighted by Crippen LogP contribution is -2.26. The van der Waals surface area contributed by atoms with Crippen molar-refractivity contribution < 1.29 is 13.9 Å². The van der Waals surface area contributed by atoms with Crippen LogP contribution in [0.5, 0.6) is 5.75 Å². The van der Waals surface area contributed by atoms with Gasteiger partial charge in [0.1, 0.15) is 17.2 Å². The van der Waals surface area contributed by atoms with Crippen LogP contribution in [0.4, 0.5) is 10.1 Å². The molecule has 0 unspecified atom stereocenters. The molecule has 4 rings (SSSR count). The van der Waals surface area contributed by atoms with Gasteiger partial charge in [0, 0.05) is 42.0 Å². The topological polar surface area (TPSA) is 77.6 Å². The van der Waals surface area contributed by atoms with Gasteiger partial charge >= 0.3 is 0 Å². The van der Waals surface area contributed by atoms with Gasteiger partial charge in [0.15, 0.2) is 0 Å². The zero-order chi connectivity index (χ0) is 23.7. The fourth-order valence-corrected chi connectivity index (χ4v) is 3.84. The average Bonchev–Trinajstić information content (AvgIpc) is 3.26. The number of ether oxygens (including phenoxy) is 1. The van der Waals surface area contributed by atoms with E-state index in [2.05, 4.69) is 10.4 Å². The summed E-state index contributed by atoms with van der Waals surface area (Å²) in [5.74, 6) is -0.173. The Kier molecular flexibility index (Phi) is 6.20. The average molecular weight is 469 g/mol. The number of aromatic nitrogens is 3. The molecule has 0 aliphatic rings. The number of hydrogen-bond acceptors (Lipinski definition) is 4. The third-order valence-electron chi connectivity index (χ3n) is 5.60. The number of aryl methyl sites for hydroxylation is 1. The quantitative estimate of drug-likeness (QED) is 0.455. The van der Waals surface area contributed by atoms with Gasteiger partial charge in [-0.1, -0.05) is 23.7 Å². The second-order valence-electron chi connectivity index (χ2n) is 7.64. The van der Waals surface area contributed by atoms with E-state index in [-0.39, 0.29) is 29.3 Å². The van der Waals surface area contributed by atoms with Crippen molar-refractivity contribution in [1.29, 1.82) is 0 Å². The molecule has 0 aliphatic carbocycles. The number of carbonyl (C=O) groups excluding carboxylic acids is 1. The molecule has 0 saturated carbocycles. The summed E-state index contributed by atoms with van der Waals surface area (Å²) < 4.78 is 21.8. The summed E-state index contributed by atoms with van der Waals surface area (Å²) in [4.78, 5) is 25.6. The normalized spacial score (nSPS) is 11.1. The van der Waals surface area contributed by atoms with Crippen molar-refractivity contribution in [2.75, 3.05) is 12.4 Å². The van der Waals surface area contributed by atoms with Crippen molar-refractivity contribution in [3.63, 3.8) is 0 Å². The Balaban J connectivity index is 1.60. The number of carbonyl (C=O) groups is 1. The molecule has 2 aromatic carbocycles. The first-order valence-corrected chi connectivity index (χ1v) is 10.6. The van der Waals surface area contributed by atoms with E-state index < -0.39 is 5.82 Å². The zero-order valence-electron chi connectivity index (χ0n) is 18.4. The van der Waals surface area contributed by atoms with E-state index in [1.165, 1.54) is 22.7 Å². The number of halogens is 2. The van der Waals surface area contributed by atoms with Gasteiger partial charge in [-0.2, -0.15) is 9.61 Å². The van der Waals surface area contributed by atoms with Crippen LogP contribution in [0.3, 0.4) is 0 Å². The number of fused-ring (bicyclic) bond motifs is 1. The largest absolute Gasteiger partial charge is 0.497 e. The molecule has 1 amide bonds. The summed E-state index contributed by atoms with van der Waals surface area (Å²) >= 11 is 5.76. The lowest BCUT2D eigenvalue weighted by Gasteiger charge is -2.12. The molecule has 2 aromatic heterocycles. The van der Waals surface area contributed by atoms with E-state index >= 15 is 0 Å². The Labute approximate surface area is 194 Å². The first-order valence-electron chi connectivity index (χ1n) is 10.3. The van der Waals surface area contributed by atoms with Gasteiger partial charge in [0.05, 0.1) is 17.8 Å². The van der Waals surface area contributed by atoms with Crippen LogP contribution < -0.4 is 15.6 Å². The Bertz CT molecular complexity index is 1430. The number of anilines is 1. The predicted molar refractivity (Wildman–Crippen MR) is 126 cm³/mol. The SMILES string of the molecule is COc1cccc(-c2cc3n(C)c(C)c(CCC(=O)Nc4ccc(F)c(Cl)c4)c(=O)n3n2)c1. The van der Waals surface area contributed by atoms with Crippen molar-refractivity contribution in [3.8, 4) is 17.0 Å². The third kappa shape index (κ3) is 4.47. The lowest BCUT2D eigenvalue weighted by atomic mass is 10.1. The molecule has 1 N–H and O–H groups in total. The molecule has 0 fully saturated rings. The van der Waals surface area contributed by atoms with Gasteiger partial charge in [-0.3, -0.25) is 9.59 Å². The highest BCUT2D eigenvalue weighted by Crippen LogP contribution is 2.24. The monoisotopic (exact) mass is 468 g/mol. The van der Waals surface area contributed by atoms with Crippen LogP contribution in [0.25, 0.3) is 16.9 Å². The fourth-order valence-electron chi connectivity index (χ4n) is 3.66. The molecule has 0 spiro atoms. The Morgan fingerprint density at radius 2 is 2.00 bits per heavy atom. The minimum Gasteiger partial charge on any atom is -0.497 e. The molecule has 4 aromatic rings. The number of methoxy groups -OCH3 is 1. The second-order valence-corrected chi connectivity index (χ2v) is 8.04. The van der Waals surface area contributed by atoms with Gasteiger partial charge in [0.25, 0.3) is 5.56 Å². The minimum absolute atomic E-state index is 0.0700. The second kappa shape index (κ2) is 9.07. The maximum Gasteiger partial charge on any atom is 0.277 e. The van der Waals surface area contributed by atoms with Crippen molar-refractivity contribution in [3.05, 3.63) is 81.0 Å². The molecule has 0 saturated heterocycles. The Morgan fingerprint density at radius 3 is 2.73 bits per heavy atom. The van der Waals surface area contributed by atoms with E-state index in [9.17, 15) is 14.0 Å². The highest BCUT2D eigenvalue weighted by molar-refractivity contribution is 6.31. The van der Waals surface area contributed by atoms with E-state index in [4.69, 9.17) is 16.3 Å². The maximum absolute atomic E-state index is 13.3. The summed E-state index contributed by atoms with van der Waals surface area (Å²) in [5, 5.41) is 7.11. The van der Waals surface area contributed by atoms with Crippen molar-refractivity contribution in [2.45, 2.75) is 19.8 Å². The number of nitrogens with zero attached hydrogens (tertiary/aromatic N) is 3. The van der Waals surface area contributed by atoms with Crippen LogP contribution in [-0.4, -0.2) is 27.2 Å². The number of rotatable bonds is 6. The molecule has 0 radical (unpaired) electrons. The van der Waals surface area contributed by atoms with Crippen LogP contribution in [0, 0.1) is 12.7 Å². The molecule has 33 heavy (non-hydrogen) atoms. The van der Waals surface area contributed by atoms with Crippen LogP contribution in [0.2, 0.25) is 5.02 Å². The van der Waals surface area contributed by atoms with Gasteiger partial charge in [0.2, 0.25) is 5.91 Å².